The normalized spacial score (nSPS) is 9.62. The van der Waals surface area contributed by atoms with Crippen LogP contribution in [0.3, 0.4) is 0 Å². The number of rotatable bonds is 5. The molecule has 0 saturated carbocycles. The number of benzene rings is 1. The van der Waals surface area contributed by atoms with Crippen LogP contribution >= 0.6 is 24.0 Å². The summed E-state index contributed by atoms with van der Waals surface area (Å²) >= 11 is 6.05. The molecule has 0 unspecified atom stereocenters. The first kappa shape index (κ1) is 17.3. The first-order valence-electron chi connectivity index (χ1n) is 6.21. The first-order chi connectivity index (χ1) is 9.70. The number of hydrogen-bond donors (Lipinski definition) is 1. The standard InChI is InChI=1S/C15H15ClN2O2.ClH/c1-20-14-5-4-11(9-13(14)16)6-8-18-15(19)12-3-2-7-17-10-12;/h2-5,7,9-10H,6,8H2,1H3,(H,18,19);1H. The molecule has 4 nitrogen and oxygen atoms in total. The van der Waals surface area contributed by atoms with Gasteiger partial charge in [-0.05, 0) is 36.2 Å². The van der Waals surface area contributed by atoms with E-state index in [0.717, 1.165) is 5.56 Å². The van der Waals surface area contributed by atoms with Crippen molar-refractivity contribution < 1.29 is 9.53 Å². The van der Waals surface area contributed by atoms with E-state index in [4.69, 9.17) is 16.3 Å². The quantitative estimate of drug-likeness (QED) is 0.918. The highest BCUT2D eigenvalue weighted by atomic mass is 35.5. The number of carbonyl (C=O) groups excluding carboxylic acids is 1. The number of carbonyl (C=O) groups is 1. The van der Waals surface area contributed by atoms with Crippen LogP contribution in [0.2, 0.25) is 5.02 Å². The minimum absolute atomic E-state index is 0. The minimum Gasteiger partial charge on any atom is -0.495 e. The molecule has 1 N–H and O–H groups in total. The van der Waals surface area contributed by atoms with Gasteiger partial charge in [0, 0.05) is 18.9 Å². The van der Waals surface area contributed by atoms with Crippen LogP contribution in [0.4, 0.5) is 0 Å². The van der Waals surface area contributed by atoms with Crippen LogP contribution < -0.4 is 10.1 Å². The fourth-order valence-corrected chi connectivity index (χ4v) is 2.07. The van der Waals surface area contributed by atoms with Crippen LogP contribution in [0.5, 0.6) is 5.75 Å². The third-order valence-electron chi connectivity index (χ3n) is 2.84. The zero-order valence-corrected chi connectivity index (χ0v) is 13.1. The number of nitrogens with one attached hydrogen (secondary N) is 1. The first-order valence-corrected chi connectivity index (χ1v) is 6.59. The Hall–Kier alpha value is -1.78. The lowest BCUT2D eigenvalue weighted by Crippen LogP contribution is -2.25. The van der Waals surface area contributed by atoms with E-state index in [1.54, 1.807) is 31.6 Å². The van der Waals surface area contributed by atoms with Crippen LogP contribution in [0.25, 0.3) is 0 Å². The fourth-order valence-electron chi connectivity index (χ4n) is 1.78. The van der Waals surface area contributed by atoms with Gasteiger partial charge < -0.3 is 10.1 Å². The fraction of sp³-hybridized carbons (Fsp3) is 0.200. The Morgan fingerprint density at radius 3 is 2.81 bits per heavy atom. The molecule has 1 amide bonds. The molecule has 6 heteroatoms. The average molecular weight is 327 g/mol. The highest BCUT2D eigenvalue weighted by Gasteiger charge is 2.05. The van der Waals surface area contributed by atoms with Crippen molar-refractivity contribution >= 4 is 29.9 Å². The van der Waals surface area contributed by atoms with E-state index in [1.165, 1.54) is 0 Å². The van der Waals surface area contributed by atoms with Gasteiger partial charge in [-0.1, -0.05) is 17.7 Å². The van der Waals surface area contributed by atoms with Gasteiger partial charge in [0.05, 0.1) is 17.7 Å². The summed E-state index contributed by atoms with van der Waals surface area (Å²) in [7, 11) is 1.58. The minimum atomic E-state index is -0.127. The topological polar surface area (TPSA) is 51.2 Å². The number of amides is 1. The molecule has 1 aromatic carbocycles. The number of pyridine rings is 1. The summed E-state index contributed by atoms with van der Waals surface area (Å²) in [5.74, 6) is 0.521. The zero-order valence-electron chi connectivity index (χ0n) is 11.5. The van der Waals surface area contributed by atoms with Crippen molar-refractivity contribution in [2.45, 2.75) is 6.42 Å². The Balaban J connectivity index is 0.00000220. The molecule has 0 spiro atoms. The summed E-state index contributed by atoms with van der Waals surface area (Å²) < 4.78 is 5.09. The van der Waals surface area contributed by atoms with Gasteiger partial charge in [-0.3, -0.25) is 9.78 Å². The van der Waals surface area contributed by atoms with Crippen molar-refractivity contribution in [3.8, 4) is 5.75 Å². The number of nitrogens with zero attached hydrogens (tertiary/aromatic N) is 1. The average Bonchev–Trinajstić information content (AvgIpc) is 2.48. The predicted molar refractivity (Wildman–Crippen MR) is 85.5 cm³/mol. The molecule has 0 fully saturated rings. The van der Waals surface area contributed by atoms with Crippen molar-refractivity contribution in [3.05, 3.63) is 58.9 Å². The molecule has 2 aromatic rings. The number of aromatic nitrogens is 1. The van der Waals surface area contributed by atoms with E-state index in [9.17, 15) is 4.79 Å². The second-order valence-corrected chi connectivity index (χ2v) is 4.62. The molecule has 112 valence electrons. The summed E-state index contributed by atoms with van der Waals surface area (Å²) in [6.07, 6.45) is 3.88. The lowest BCUT2D eigenvalue weighted by Gasteiger charge is -2.07. The molecule has 0 aliphatic carbocycles. The molecule has 1 heterocycles. The summed E-state index contributed by atoms with van der Waals surface area (Å²) in [6, 6.07) is 9.06. The summed E-state index contributed by atoms with van der Waals surface area (Å²) in [5, 5.41) is 3.41. The SMILES string of the molecule is COc1ccc(CCNC(=O)c2cccnc2)cc1Cl.Cl. The largest absolute Gasteiger partial charge is 0.495 e. The maximum atomic E-state index is 11.8. The Kier molecular flexibility index (Phi) is 6.99. The predicted octanol–water partition coefficient (Wildman–Crippen LogP) is 3.14. The molecular formula is C15H16Cl2N2O2. The van der Waals surface area contributed by atoms with Gasteiger partial charge in [0.1, 0.15) is 5.75 Å². The van der Waals surface area contributed by atoms with Gasteiger partial charge >= 0.3 is 0 Å². The number of hydrogen-bond acceptors (Lipinski definition) is 3. The Morgan fingerprint density at radius 2 is 2.19 bits per heavy atom. The van der Waals surface area contributed by atoms with Crippen molar-refractivity contribution in [1.29, 1.82) is 0 Å². The zero-order chi connectivity index (χ0) is 14.4. The second-order valence-electron chi connectivity index (χ2n) is 4.22. The van der Waals surface area contributed by atoms with Crippen LogP contribution in [0.1, 0.15) is 15.9 Å². The van der Waals surface area contributed by atoms with E-state index >= 15 is 0 Å². The van der Waals surface area contributed by atoms with Gasteiger partial charge in [-0.2, -0.15) is 0 Å². The van der Waals surface area contributed by atoms with Crippen molar-refractivity contribution in [1.82, 2.24) is 10.3 Å². The van der Waals surface area contributed by atoms with Gasteiger partial charge in [-0.15, -0.1) is 12.4 Å². The van der Waals surface area contributed by atoms with Gasteiger partial charge in [0.15, 0.2) is 0 Å². The Bertz CT molecular complexity index is 591. The molecule has 0 atom stereocenters. The van der Waals surface area contributed by atoms with E-state index in [2.05, 4.69) is 10.3 Å². The maximum absolute atomic E-state index is 11.8. The second kappa shape index (κ2) is 8.49. The molecule has 0 bridgehead atoms. The molecular weight excluding hydrogens is 311 g/mol. The molecule has 0 saturated heterocycles. The van der Waals surface area contributed by atoms with Crippen molar-refractivity contribution in [2.75, 3.05) is 13.7 Å². The number of ether oxygens (including phenoxy) is 1. The van der Waals surface area contributed by atoms with E-state index < -0.39 is 0 Å². The van der Waals surface area contributed by atoms with Crippen molar-refractivity contribution in [2.24, 2.45) is 0 Å². The maximum Gasteiger partial charge on any atom is 0.252 e. The summed E-state index contributed by atoms with van der Waals surface area (Å²) in [6.45, 7) is 0.538. The van der Waals surface area contributed by atoms with Crippen LogP contribution in [0, 0.1) is 0 Å². The Morgan fingerprint density at radius 1 is 1.38 bits per heavy atom. The molecule has 0 aliphatic heterocycles. The van der Waals surface area contributed by atoms with Crippen LogP contribution in [-0.2, 0) is 6.42 Å². The lowest BCUT2D eigenvalue weighted by molar-refractivity contribution is 0.0954. The molecule has 0 radical (unpaired) electrons. The highest BCUT2D eigenvalue weighted by molar-refractivity contribution is 6.32. The molecule has 0 aliphatic rings. The number of methoxy groups -OCH3 is 1. The van der Waals surface area contributed by atoms with E-state index in [0.29, 0.717) is 29.3 Å². The van der Waals surface area contributed by atoms with Crippen LogP contribution in [0.15, 0.2) is 42.7 Å². The summed E-state index contributed by atoms with van der Waals surface area (Å²) in [5.41, 5.74) is 1.60. The van der Waals surface area contributed by atoms with Crippen LogP contribution in [-0.4, -0.2) is 24.5 Å². The van der Waals surface area contributed by atoms with Crippen molar-refractivity contribution in [3.63, 3.8) is 0 Å². The van der Waals surface area contributed by atoms with Gasteiger partial charge in [-0.25, -0.2) is 0 Å². The monoisotopic (exact) mass is 326 g/mol. The van der Waals surface area contributed by atoms with Gasteiger partial charge in [0.2, 0.25) is 0 Å². The molecule has 1 aromatic heterocycles. The van der Waals surface area contributed by atoms with E-state index in [1.807, 2.05) is 18.2 Å². The van der Waals surface area contributed by atoms with Gasteiger partial charge in [0.25, 0.3) is 5.91 Å². The highest BCUT2D eigenvalue weighted by Crippen LogP contribution is 2.24. The lowest BCUT2D eigenvalue weighted by atomic mass is 10.1. The summed E-state index contributed by atoms with van der Waals surface area (Å²) in [4.78, 5) is 15.7. The Labute approximate surface area is 134 Å². The van der Waals surface area contributed by atoms with E-state index in [-0.39, 0.29) is 18.3 Å². The third-order valence-corrected chi connectivity index (χ3v) is 3.13. The molecule has 2 rings (SSSR count). The number of halogens is 2. The molecule has 21 heavy (non-hydrogen) atoms. The third kappa shape index (κ3) is 4.92. The smallest absolute Gasteiger partial charge is 0.252 e.